The summed E-state index contributed by atoms with van der Waals surface area (Å²) in [5.74, 6) is 3.72. The number of benzene rings is 14. The van der Waals surface area contributed by atoms with Crippen molar-refractivity contribution in [2.75, 3.05) is 0 Å². The molecule has 14 heteroatoms. The maximum atomic E-state index is 6.60. The largest absolute Gasteiger partial charge is 0.494 e. The zero-order valence-corrected chi connectivity index (χ0v) is 65.3. The predicted octanol–water partition coefficient (Wildman–Crippen LogP) is 25.5. The lowest BCUT2D eigenvalue weighted by Crippen LogP contribution is -2.41. The lowest BCUT2D eigenvalue weighted by atomic mass is 9.76. The first-order valence-electron chi connectivity index (χ1n) is 37.3. The molecule has 112 heavy (non-hydrogen) atoms. The van der Waals surface area contributed by atoms with Crippen molar-refractivity contribution >= 4 is 142 Å². The van der Waals surface area contributed by atoms with Gasteiger partial charge in [-0.05, 0) is 187 Å². The minimum Gasteiger partial charge on any atom is -0.399 e. The van der Waals surface area contributed by atoms with E-state index in [0.29, 0.717) is 34.9 Å². The fourth-order valence-corrected chi connectivity index (χ4v) is 18.0. The molecular formula is C98H68BIN8O2S2. The highest BCUT2D eigenvalue weighted by molar-refractivity contribution is 14.1. The van der Waals surface area contributed by atoms with Crippen LogP contribution in [-0.4, -0.2) is 58.2 Å². The Morgan fingerprint density at radius 1 is 0.277 bits per heavy atom. The molecule has 0 unspecified atom stereocenters. The van der Waals surface area contributed by atoms with E-state index in [4.69, 9.17) is 44.2 Å². The van der Waals surface area contributed by atoms with Gasteiger partial charge in [-0.3, -0.25) is 9.97 Å². The molecule has 1 aliphatic rings. The average molecular weight is 1590 g/mol. The first kappa shape index (κ1) is 70.0. The van der Waals surface area contributed by atoms with Crippen molar-refractivity contribution in [1.82, 2.24) is 39.9 Å². The number of pyridine rings is 2. The molecule has 1 aliphatic heterocycles. The normalized spacial score (nSPS) is 13.1. The monoisotopic (exact) mass is 1590 g/mol. The van der Waals surface area contributed by atoms with Crippen LogP contribution >= 0.6 is 45.3 Å². The van der Waals surface area contributed by atoms with Gasteiger partial charge in [0, 0.05) is 75.1 Å². The topological polar surface area (TPSA) is 122 Å². The number of nitrogens with zero attached hydrogens (tertiary/aromatic N) is 8. The van der Waals surface area contributed by atoms with Crippen molar-refractivity contribution in [3.05, 3.63) is 344 Å². The molecule has 20 aromatic rings. The Balaban J connectivity index is 0.000000129. The third kappa shape index (κ3) is 13.4. The first-order chi connectivity index (χ1) is 54.9. The fourth-order valence-electron chi connectivity index (χ4n) is 15.0. The third-order valence-corrected chi connectivity index (χ3v) is 24.9. The molecule has 534 valence electrons. The number of fused-ring (bicyclic) bond motifs is 12. The van der Waals surface area contributed by atoms with E-state index in [1.807, 2.05) is 145 Å². The van der Waals surface area contributed by atoms with Gasteiger partial charge in [0.1, 0.15) is 0 Å². The summed E-state index contributed by atoms with van der Waals surface area (Å²) in [4.78, 5) is 39.6. The summed E-state index contributed by atoms with van der Waals surface area (Å²) in [7, 11) is -0.561. The van der Waals surface area contributed by atoms with Crippen molar-refractivity contribution in [3.63, 3.8) is 0 Å². The van der Waals surface area contributed by atoms with E-state index in [-0.39, 0.29) is 0 Å². The van der Waals surface area contributed by atoms with Crippen LogP contribution < -0.4 is 5.46 Å². The Morgan fingerprint density at radius 3 is 1.04 bits per heavy atom. The summed E-state index contributed by atoms with van der Waals surface area (Å²) in [5.41, 5.74) is 14.3. The Kier molecular flexibility index (Phi) is 18.4. The van der Waals surface area contributed by atoms with Crippen molar-refractivity contribution in [2.45, 2.75) is 38.9 Å². The van der Waals surface area contributed by atoms with E-state index in [9.17, 15) is 0 Å². The molecule has 7 heterocycles. The van der Waals surface area contributed by atoms with Crippen LogP contribution in [0, 0.1) is 3.57 Å². The van der Waals surface area contributed by atoms with Crippen LogP contribution in [-0.2, 0) is 9.31 Å². The van der Waals surface area contributed by atoms with Crippen LogP contribution in [0.25, 0.3) is 185 Å². The van der Waals surface area contributed by atoms with E-state index >= 15 is 0 Å². The van der Waals surface area contributed by atoms with Gasteiger partial charge in [0.15, 0.2) is 34.9 Å². The lowest BCUT2D eigenvalue weighted by Gasteiger charge is -2.32. The summed E-state index contributed by atoms with van der Waals surface area (Å²) in [6.45, 7) is 8.33. The molecule has 0 radical (unpaired) electrons. The van der Waals surface area contributed by atoms with Crippen LogP contribution in [0.5, 0.6) is 0 Å². The lowest BCUT2D eigenvalue weighted by molar-refractivity contribution is 0.00578. The molecule has 1 fully saturated rings. The van der Waals surface area contributed by atoms with E-state index in [2.05, 4.69) is 262 Å². The molecule has 6 aromatic heterocycles. The molecule has 0 aliphatic carbocycles. The molecule has 10 nitrogen and oxygen atoms in total. The quantitative estimate of drug-likeness (QED) is 0.0743. The van der Waals surface area contributed by atoms with Gasteiger partial charge in [-0.25, -0.2) is 29.9 Å². The molecule has 0 atom stereocenters. The second-order valence-electron chi connectivity index (χ2n) is 28.9. The van der Waals surface area contributed by atoms with Crippen molar-refractivity contribution < 1.29 is 9.31 Å². The molecule has 0 amide bonds. The van der Waals surface area contributed by atoms with Gasteiger partial charge in [0.25, 0.3) is 0 Å². The van der Waals surface area contributed by atoms with Gasteiger partial charge in [0.05, 0.1) is 31.6 Å². The van der Waals surface area contributed by atoms with Crippen LogP contribution in [0.4, 0.5) is 0 Å². The summed E-state index contributed by atoms with van der Waals surface area (Å²) in [6.07, 6.45) is 3.81. The third-order valence-electron chi connectivity index (χ3n) is 21.3. The zero-order valence-electron chi connectivity index (χ0n) is 61.5. The highest BCUT2D eigenvalue weighted by atomic mass is 127. The minimum absolute atomic E-state index is 0.488. The number of rotatable bonds is 10. The Labute approximate surface area is 669 Å². The molecular weight excluding hydrogens is 1520 g/mol. The molecule has 14 aromatic carbocycles. The maximum Gasteiger partial charge on any atom is 0.494 e. The zero-order chi connectivity index (χ0) is 75.4. The van der Waals surface area contributed by atoms with E-state index < -0.39 is 18.3 Å². The number of hydrogen-bond acceptors (Lipinski definition) is 12. The van der Waals surface area contributed by atoms with Crippen LogP contribution in [0.1, 0.15) is 27.7 Å². The van der Waals surface area contributed by atoms with Crippen LogP contribution in [0.2, 0.25) is 0 Å². The SMILES string of the molecule is CC1(C)OB(c2cc(-c3nc(-c4ccccc4)nc(-c4ccccc4)n3)cc(-c3cc4ccccc4c4ccccc34)c2)OC1(C)C.Ic1ccnc2c1sc1ccccc12.c1ccc(-c2nc(-c3ccccc3)nc(-c3cc(-c4cc5ccccc5c5ccccc45)cc(-c4ccnc5c4sc4ccccc45)c3)n2)cc1. The second kappa shape index (κ2) is 29.4. The van der Waals surface area contributed by atoms with Gasteiger partial charge < -0.3 is 9.31 Å². The summed E-state index contributed by atoms with van der Waals surface area (Å²) < 4.78 is 19.5. The smallest absolute Gasteiger partial charge is 0.399 e. The number of halogens is 1. The molecule has 0 saturated carbocycles. The van der Waals surface area contributed by atoms with Gasteiger partial charge in [0.2, 0.25) is 0 Å². The molecule has 0 N–H and O–H groups in total. The second-order valence-corrected chi connectivity index (χ2v) is 32.2. The van der Waals surface area contributed by atoms with Crippen molar-refractivity contribution in [1.29, 1.82) is 0 Å². The van der Waals surface area contributed by atoms with Crippen LogP contribution in [0.15, 0.2) is 340 Å². The maximum absolute atomic E-state index is 6.60. The Hall–Kier alpha value is -12.4. The highest BCUT2D eigenvalue weighted by Gasteiger charge is 2.52. The molecule has 1 saturated heterocycles. The number of aromatic nitrogens is 8. The minimum atomic E-state index is -0.561. The van der Waals surface area contributed by atoms with Gasteiger partial charge in [-0.2, -0.15) is 0 Å². The van der Waals surface area contributed by atoms with Gasteiger partial charge >= 0.3 is 7.12 Å². The summed E-state index contributed by atoms with van der Waals surface area (Å²) in [6, 6.07) is 114. The standard InChI is InChI=1S/C46H28N4S.C41H34BN3O2.C11H6INS/c1-3-13-29(14-4-1)44-48-45(30-15-5-2-6-16-30)50-46(49-44)34-26-32(36-23-24-47-42-39-21-11-12-22-41(39)51-43(36)42)25-33(27-34)40-28-31-17-7-8-18-35(31)37-19-9-10-20-38(37)40;1-40(2)41(3,4)47-42(46-40)32-24-30(36-26-29-19-11-12-20-33(29)34-21-13-14-22-35(34)36)23-31(25-32)39-44-37(27-15-7-5-8-16-27)43-38(45-39)28-17-9-6-10-18-28;12-8-5-6-13-10-7-3-1-2-4-9(7)14-11(8)10/h1-28H;5-26H,1-4H3;1-6H. The van der Waals surface area contributed by atoms with E-state index in [1.165, 1.54) is 71.5 Å². The van der Waals surface area contributed by atoms with Crippen molar-refractivity contribution in [2.24, 2.45) is 0 Å². The summed E-state index contributed by atoms with van der Waals surface area (Å²) >= 11 is 5.97. The van der Waals surface area contributed by atoms with Gasteiger partial charge in [-0.15, -0.1) is 22.7 Å². The van der Waals surface area contributed by atoms with Gasteiger partial charge in [-0.1, -0.05) is 267 Å². The predicted molar refractivity (Wildman–Crippen MR) is 475 cm³/mol. The molecule has 0 spiro atoms. The average Bonchev–Trinajstić information content (AvgIpc) is 1.74. The van der Waals surface area contributed by atoms with E-state index in [1.54, 1.807) is 11.3 Å². The molecule has 0 bridgehead atoms. The Bertz CT molecular complexity index is 6880. The number of thiophene rings is 2. The molecule has 21 rings (SSSR count). The first-order valence-corrected chi connectivity index (χ1v) is 40.0. The fraction of sp³-hybridized carbons (Fsp3) is 0.0612. The summed E-state index contributed by atoms with van der Waals surface area (Å²) in [5, 5.41) is 12.1. The van der Waals surface area contributed by atoms with Crippen LogP contribution in [0.3, 0.4) is 0 Å². The Morgan fingerprint density at radius 2 is 0.589 bits per heavy atom. The number of hydrogen-bond donors (Lipinski definition) is 0. The highest BCUT2D eigenvalue weighted by Crippen LogP contribution is 2.45. The van der Waals surface area contributed by atoms with Crippen molar-refractivity contribution in [3.8, 4) is 102 Å². The van der Waals surface area contributed by atoms with E-state index in [0.717, 1.165) is 88.0 Å².